The Morgan fingerprint density at radius 3 is 2.55 bits per heavy atom. The smallest absolute Gasteiger partial charge is 0.121 e. The molecule has 0 N–H and O–H groups in total. The summed E-state index contributed by atoms with van der Waals surface area (Å²) in [4.78, 5) is 2.47. The monoisotopic (exact) mass is 292 g/mol. The molecule has 1 heterocycles. The maximum atomic E-state index is 8.93. The number of rotatable bonds is 4. The Hall–Kier alpha value is -2.31. The van der Waals surface area contributed by atoms with Crippen LogP contribution in [-0.2, 0) is 6.54 Å². The van der Waals surface area contributed by atoms with Crippen LogP contribution in [0.1, 0.15) is 24.0 Å². The van der Waals surface area contributed by atoms with Gasteiger partial charge >= 0.3 is 0 Å². The Kier molecular flexibility index (Phi) is 4.72. The Morgan fingerprint density at radius 2 is 1.82 bits per heavy atom. The van der Waals surface area contributed by atoms with Gasteiger partial charge in [0.1, 0.15) is 11.9 Å². The summed E-state index contributed by atoms with van der Waals surface area (Å²) in [5.74, 6) is 0.806. The molecule has 1 saturated heterocycles. The average Bonchev–Trinajstić information content (AvgIpc) is 2.58. The molecule has 3 rings (SSSR count). The van der Waals surface area contributed by atoms with E-state index in [1.807, 2.05) is 18.2 Å². The largest absolute Gasteiger partial charge is 0.490 e. The highest BCUT2D eigenvalue weighted by Crippen LogP contribution is 2.21. The molecular weight excluding hydrogens is 272 g/mol. The van der Waals surface area contributed by atoms with Crippen LogP contribution >= 0.6 is 0 Å². The van der Waals surface area contributed by atoms with Gasteiger partial charge in [0, 0.05) is 19.6 Å². The van der Waals surface area contributed by atoms with Crippen molar-refractivity contribution in [3.8, 4) is 11.8 Å². The van der Waals surface area contributed by atoms with Gasteiger partial charge in [0.05, 0.1) is 11.6 Å². The van der Waals surface area contributed by atoms with Gasteiger partial charge in [-0.1, -0.05) is 36.4 Å². The lowest BCUT2D eigenvalue weighted by molar-refractivity contribution is 0.0968. The van der Waals surface area contributed by atoms with Crippen molar-refractivity contribution in [2.45, 2.75) is 25.5 Å². The zero-order valence-electron chi connectivity index (χ0n) is 12.6. The predicted molar refractivity (Wildman–Crippen MR) is 86.5 cm³/mol. The second-order valence-corrected chi connectivity index (χ2v) is 5.72. The van der Waals surface area contributed by atoms with E-state index in [9.17, 15) is 0 Å². The number of piperidine rings is 1. The van der Waals surface area contributed by atoms with Gasteiger partial charge in [0.2, 0.25) is 0 Å². The van der Waals surface area contributed by atoms with Crippen LogP contribution in [-0.4, -0.2) is 24.1 Å². The molecule has 0 bridgehead atoms. The standard InChI is InChI=1S/C19H20N2O/c20-14-17-7-4-8-19(13-17)22-18-9-11-21(12-10-18)15-16-5-2-1-3-6-16/h1-8,13,18H,9-12,15H2. The molecule has 2 aromatic carbocycles. The SMILES string of the molecule is N#Cc1cccc(OC2CCN(Cc3ccccc3)CC2)c1. The van der Waals surface area contributed by atoms with Crippen LogP contribution in [0.4, 0.5) is 0 Å². The normalized spacial score (nSPS) is 16.1. The first-order chi connectivity index (χ1) is 10.8. The molecule has 2 aromatic rings. The summed E-state index contributed by atoms with van der Waals surface area (Å²) in [6.07, 6.45) is 2.31. The Bertz CT molecular complexity index is 640. The van der Waals surface area contributed by atoms with E-state index < -0.39 is 0 Å². The third kappa shape index (κ3) is 3.87. The summed E-state index contributed by atoms with van der Waals surface area (Å²) < 4.78 is 6.02. The van der Waals surface area contributed by atoms with E-state index in [1.165, 1.54) is 5.56 Å². The van der Waals surface area contributed by atoms with Gasteiger partial charge in [0.25, 0.3) is 0 Å². The summed E-state index contributed by atoms with van der Waals surface area (Å²) in [5, 5.41) is 8.93. The molecule has 3 nitrogen and oxygen atoms in total. The second-order valence-electron chi connectivity index (χ2n) is 5.72. The average molecular weight is 292 g/mol. The van der Waals surface area contributed by atoms with Crippen molar-refractivity contribution >= 4 is 0 Å². The Labute approximate surface area is 131 Å². The first kappa shape index (κ1) is 14.6. The molecule has 0 unspecified atom stereocenters. The Balaban J connectivity index is 1.50. The van der Waals surface area contributed by atoms with Crippen molar-refractivity contribution < 1.29 is 4.74 Å². The van der Waals surface area contributed by atoms with Crippen LogP contribution in [0.5, 0.6) is 5.75 Å². The van der Waals surface area contributed by atoms with Gasteiger partial charge in [-0.15, -0.1) is 0 Å². The van der Waals surface area contributed by atoms with Gasteiger partial charge in [-0.25, -0.2) is 0 Å². The molecule has 0 radical (unpaired) electrons. The number of hydrogen-bond donors (Lipinski definition) is 0. The zero-order valence-corrected chi connectivity index (χ0v) is 12.6. The quantitative estimate of drug-likeness (QED) is 0.864. The molecule has 22 heavy (non-hydrogen) atoms. The van der Waals surface area contributed by atoms with E-state index in [0.717, 1.165) is 38.2 Å². The lowest BCUT2D eigenvalue weighted by atomic mass is 10.1. The topological polar surface area (TPSA) is 36.3 Å². The van der Waals surface area contributed by atoms with Crippen LogP contribution in [0.2, 0.25) is 0 Å². The van der Waals surface area contributed by atoms with Crippen LogP contribution in [0.15, 0.2) is 54.6 Å². The van der Waals surface area contributed by atoms with E-state index in [-0.39, 0.29) is 6.10 Å². The molecule has 0 spiro atoms. The summed E-state index contributed by atoms with van der Waals surface area (Å²) in [6.45, 7) is 3.12. The summed E-state index contributed by atoms with van der Waals surface area (Å²) in [5.41, 5.74) is 2.02. The molecule has 0 saturated carbocycles. The fraction of sp³-hybridized carbons (Fsp3) is 0.316. The van der Waals surface area contributed by atoms with Crippen molar-refractivity contribution in [3.05, 3.63) is 65.7 Å². The summed E-state index contributed by atoms with van der Waals surface area (Å²) in [7, 11) is 0. The number of hydrogen-bond acceptors (Lipinski definition) is 3. The molecule has 112 valence electrons. The number of benzene rings is 2. The maximum Gasteiger partial charge on any atom is 0.121 e. The molecule has 1 fully saturated rings. The highest BCUT2D eigenvalue weighted by Gasteiger charge is 2.20. The number of nitriles is 1. The third-order valence-corrected chi connectivity index (χ3v) is 4.05. The molecular formula is C19H20N2O. The molecule has 0 aromatic heterocycles. The number of likely N-dealkylation sites (tertiary alicyclic amines) is 1. The van der Waals surface area contributed by atoms with Crippen molar-refractivity contribution in [2.24, 2.45) is 0 Å². The minimum Gasteiger partial charge on any atom is -0.490 e. The number of ether oxygens (including phenoxy) is 1. The first-order valence-electron chi connectivity index (χ1n) is 7.76. The lowest BCUT2D eigenvalue weighted by Crippen LogP contribution is -2.37. The molecule has 1 aliphatic heterocycles. The molecule has 0 amide bonds. The fourth-order valence-corrected chi connectivity index (χ4v) is 2.86. The third-order valence-electron chi connectivity index (χ3n) is 4.05. The van der Waals surface area contributed by atoms with Gasteiger partial charge < -0.3 is 4.74 Å². The van der Waals surface area contributed by atoms with Crippen molar-refractivity contribution in [3.63, 3.8) is 0 Å². The van der Waals surface area contributed by atoms with E-state index in [1.54, 1.807) is 6.07 Å². The van der Waals surface area contributed by atoms with Crippen LogP contribution in [0.25, 0.3) is 0 Å². The van der Waals surface area contributed by atoms with Gasteiger partial charge in [0.15, 0.2) is 0 Å². The van der Waals surface area contributed by atoms with Gasteiger partial charge in [-0.05, 0) is 36.6 Å². The van der Waals surface area contributed by atoms with Gasteiger partial charge in [-0.3, -0.25) is 4.90 Å². The fourth-order valence-electron chi connectivity index (χ4n) is 2.86. The van der Waals surface area contributed by atoms with Crippen LogP contribution in [0, 0.1) is 11.3 Å². The lowest BCUT2D eigenvalue weighted by Gasteiger charge is -2.32. The highest BCUT2D eigenvalue weighted by atomic mass is 16.5. The zero-order chi connectivity index (χ0) is 15.2. The minimum absolute atomic E-state index is 0.251. The van der Waals surface area contributed by atoms with Crippen molar-refractivity contribution in [1.82, 2.24) is 4.90 Å². The summed E-state index contributed by atoms with van der Waals surface area (Å²) in [6, 6.07) is 20.2. The first-order valence-corrected chi connectivity index (χ1v) is 7.76. The van der Waals surface area contributed by atoms with E-state index in [4.69, 9.17) is 10.00 Å². The molecule has 3 heteroatoms. The minimum atomic E-state index is 0.251. The van der Waals surface area contributed by atoms with E-state index >= 15 is 0 Å². The van der Waals surface area contributed by atoms with E-state index in [0.29, 0.717) is 5.56 Å². The Morgan fingerprint density at radius 1 is 1.05 bits per heavy atom. The molecule has 0 aliphatic carbocycles. The second kappa shape index (κ2) is 7.11. The number of nitrogens with zero attached hydrogens (tertiary/aromatic N) is 2. The molecule has 1 aliphatic rings. The van der Waals surface area contributed by atoms with Crippen molar-refractivity contribution in [1.29, 1.82) is 5.26 Å². The maximum absolute atomic E-state index is 8.93. The summed E-state index contributed by atoms with van der Waals surface area (Å²) >= 11 is 0. The van der Waals surface area contributed by atoms with E-state index in [2.05, 4.69) is 41.3 Å². The van der Waals surface area contributed by atoms with Crippen molar-refractivity contribution in [2.75, 3.05) is 13.1 Å². The van der Waals surface area contributed by atoms with Crippen LogP contribution in [0.3, 0.4) is 0 Å². The van der Waals surface area contributed by atoms with Gasteiger partial charge in [-0.2, -0.15) is 5.26 Å². The predicted octanol–water partition coefficient (Wildman–Crippen LogP) is 3.60. The highest BCUT2D eigenvalue weighted by molar-refractivity contribution is 5.36. The molecule has 0 atom stereocenters. The van der Waals surface area contributed by atoms with Crippen LogP contribution < -0.4 is 4.74 Å².